The van der Waals surface area contributed by atoms with Crippen LogP contribution in [0.25, 0.3) is 17.2 Å². The van der Waals surface area contributed by atoms with Crippen LogP contribution in [0.3, 0.4) is 0 Å². The summed E-state index contributed by atoms with van der Waals surface area (Å²) in [5.41, 5.74) is 4.41. The molecule has 0 N–H and O–H groups in total. The zero-order valence-electron chi connectivity index (χ0n) is 18.2. The fourth-order valence-electron chi connectivity index (χ4n) is 4.23. The standard InChI is InChI=1S/C24H24F3NO3S/c1-14-7-8-23(3,4)21-12-18(15(2)9-19(14)21)20-11-16(10-17(13-29)32-28-30)5-6-22(20)31-24(25,26)27/h5-6,9-14H,7-8H2,1-4H3/b17-10-. The first-order valence-electron chi connectivity index (χ1n) is 10.2. The Labute approximate surface area is 189 Å². The molecule has 170 valence electrons. The number of nitroso groups, excluding NO2 is 1. The van der Waals surface area contributed by atoms with Crippen LogP contribution < -0.4 is 4.74 Å². The Kier molecular flexibility index (Phi) is 6.83. The average molecular weight is 464 g/mol. The van der Waals surface area contributed by atoms with Crippen LogP contribution in [0.1, 0.15) is 61.8 Å². The number of halogens is 3. The minimum Gasteiger partial charge on any atom is -0.405 e. The second kappa shape index (κ2) is 9.10. The molecule has 3 rings (SSSR count). The molecule has 2 aromatic carbocycles. The summed E-state index contributed by atoms with van der Waals surface area (Å²) in [6.07, 6.45) is -0.942. The van der Waals surface area contributed by atoms with Crippen LogP contribution in [0.4, 0.5) is 13.2 Å². The van der Waals surface area contributed by atoms with E-state index in [0.717, 1.165) is 24.0 Å². The normalized spacial score (nSPS) is 18.1. The SMILES string of the molecule is Cc1cc2c(cc1-c1cc(/C=C(/C=O)SN=O)ccc1OC(F)(F)F)C(C)(C)CCC2C. The van der Waals surface area contributed by atoms with Gasteiger partial charge in [0.2, 0.25) is 0 Å². The molecule has 0 amide bonds. The third-order valence-electron chi connectivity index (χ3n) is 5.95. The molecule has 0 bridgehead atoms. The molecule has 0 aromatic heterocycles. The summed E-state index contributed by atoms with van der Waals surface area (Å²) in [4.78, 5) is 21.7. The van der Waals surface area contributed by atoms with Gasteiger partial charge in [-0.2, -0.15) is 0 Å². The zero-order chi connectivity index (χ0) is 23.7. The van der Waals surface area contributed by atoms with Crippen LogP contribution in [0.5, 0.6) is 5.75 Å². The number of hydrogen-bond donors (Lipinski definition) is 0. The van der Waals surface area contributed by atoms with E-state index >= 15 is 0 Å². The molecular weight excluding hydrogens is 439 g/mol. The van der Waals surface area contributed by atoms with Gasteiger partial charge in [0.05, 0.1) is 16.9 Å². The van der Waals surface area contributed by atoms with E-state index in [1.54, 1.807) is 0 Å². The maximum absolute atomic E-state index is 13.1. The van der Waals surface area contributed by atoms with Gasteiger partial charge in [-0.1, -0.05) is 32.9 Å². The predicted octanol–water partition coefficient (Wildman–Crippen LogP) is 7.69. The summed E-state index contributed by atoms with van der Waals surface area (Å²) in [6, 6.07) is 8.18. The smallest absolute Gasteiger partial charge is 0.405 e. The molecule has 0 saturated heterocycles. The van der Waals surface area contributed by atoms with E-state index in [9.17, 15) is 22.9 Å². The van der Waals surface area contributed by atoms with Gasteiger partial charge in [-0.05, 0) is 83.2 Å². The summed E-state index contributed by atoms with van der Waals surface area (Å²) in [5, 5.41) is 0. The van der Waals surface area contributed by atoms with E-state index in [4.69, 9.17) is 0 Å². The summed E-state index contributed by atoms with van der Waals surface area (Å²) in [5.74, 6) is 0.0436. The van der Waals surface area contributed by atoms with Crippen molar-refractivity contribution in [2.24, 2.45) is 4.58 Å². The fourth-order valence-corrected chi connectivity index (χ4v) is 4.55. The second-order valence-electron chi connectivity index (χ2n) is 8.71. The van der Waals surface area contributed by atoms with Gasteiger partial charge < -0.3 is 4.74 Å². The number of ether oxygens (including phenoxy) is 1. The van der Waals surface area contributed by atoms with Gasteiger partial charge in [-0.3, -0.25) is 4.79 Å². The lowest BCUT2D eigenvalue weighted by Gasteiger charge is -2.37. The Morgan fingerprint density at radius 3 is 2.56 bits per heavy atom. The average Bonchev–Trinajstić information content (AvgIpc) is 2.70. The van der Waals surface area contributed by atoms with Crippen molar-refractivity contribution < 1.29 is 22.7 Å². The highest BCUT2D eigenvalue weighted by molar-refractivity contribution is 8.02. The lowest BCUT2D eigenvalue weighted by molar-refractivity contribution is -0.274. The number of nitrogens with zero attached hydrogens (tertiary/aromatic N) is 1. The number of aldehydes is 1. The van der Waals surface area contributed by atoms with Crippen LogP contribution in [-0.2, 0) is 10.2 Å². The molecule has 32 heavy (non-hydrogen) atoms. The quantitative estimate of drug-likeness (QED) is 0.191. The number of benzene rings is 2. The number of carbonyl (C=O) groups excluding carboxylic acids is 1. The van der Waals surface area contributed by atoms with E-state index in [0.29, 0.717) is 35.3 Å². The topological polar surface area (TPSA) is 55.7 Å². The van der Waals surface area contributed by atoms with E-state index in [-0.39, 0.29) is 21.6 Å². The molecule has 2 aromatic rings. The number of rotatable bonds is 6. The molecule has 0 aliphatic heterocycles. The number of fused-ring (bicyclic) bond motifs is 1. The number of aryl methyl sites for hydroxylation is 1. The fraction of sp³-hybridized carbons (Fsp3) is 0.375. The van der Waals surface area contributed by atoms with Gasteiger partial charge in [0.25, 0.3) is 0 Å². The lowest BCUT2D eigenvalue weighted by Crippen LogP contribution is -2.25. The maximum Gasteiger partial charge on any atom is 0.573 e. The van der Waals surface area contributed by atoms with Crippen molar-refractivity contribution in [2.45, 2.75) is 58.2 Å². The minimum absolute atomic E-state index is 0.0487. The minimum atomic E-state index is -4.85. The van der Waals surface area contributed by atoms with Gasteiger partial charge in [0, 0.05) is 10.1 Å². The van der Waals surface area contributed by atoms with Crippen LogP contribution >= 0.6 is 11.9 Å². The van der Waals surface area contributed by atoms with E-state index in [1.165, 1.54) is 29.8 Å². The Bertz CT molecular complexity index is 1080. The Hall–Kier alpha value is -2.61. The Morgan fingerprint density at radius 1 is 1.22 bits per heavy atom. The molecule has 1 atom stereocenters. The Morgan fingerprint density at radius 2 is 1.94 bits per heavy atom. The largest absolute Gasteiger partial charge is 0.573 e. The first-order chi connectivity index (χ1) is 14.9. The highest BCUT2D eigenvalue weighted by Gasteiger charge is 2.34. The van der Waals surface area contributed by atoms with Gasteiger partial charge >= 0.3 is 6.36 Å². The highest BCUT2D eigenvalue weighted by atomic mass is 32.2. The molecule has 1 aliphatic rings. The number of carbonyl (C=O) groups is 1. The van der Waals surface area contributed by atoms with Gasteiger partial charge in [-0.15, -0.1) is 18.1 Å². The predicted molar refractivity (Wildman–Crippen MR) is 121 cm³/mol. The van der Waals surface area contributed by atoms with Crippen molar-refractivity contribution in [1.82, 2.24) is 0 Å². The van der Waals surface area contributed by atoms with Crippen molar-refractivity contribution in [2.75, 3.05) is 0 Å². The van der Waals surface area contributed by atoms with E-state index < -0.39 is 6.36 Å². The van der Waals surface area contributed by atoms with Crippen molar-refractivity contribution >= 4 is 24.3 Å². The van der Waals surface area contributed by atoms with Gasteiger partial charge in [0.15, 0.2) is 6.29 Å². The third kappa shape index (κ3) is 5.23. The second-order valence-corrected chi connectivity index (χ2v) is 9.51. The first-order valence-corrected chi connectivity index (χ1v) is 10.9. The summed E-state index contributed by atoms with van der Waals surface area (Å²) in [7, 11) is 0. The monoisotopic (exact) mass is 463 g/mol. The molecule has 0 fully saturated rings. The van der Waals surface area contributed by atoms with Crippen LogP contribution in [0, 0.1) is 11.8 Å². The molecular formula is C24H24F3NO3S. The summed E-state index contributed by atoms with van der Waals surface area (Å²) < 4.78 is 46.3. The summed E-state index contributed by atoms with van der Waals surface area (Å²) >= 11 is 0.460. The number of allylic oxidation sites excluding steroid dienone is 1. The molecule has 0 heterocycles. The zero-order valence-corrected chi connectivity index (χ0v) is 19.1. The van der Waals surface area contributed by atoms with Crippen molar-refractivity contribution in [3.05, 3.63) is 62.4 Å². The Balaban J connectivity index is 2.23. The van der Waals surface area contributed by atoms with E-state index in [1.807, 2.05) is 13.0 Å². The molecule has 1 aliphatic carbocycles. The molecule has 0 radical (unpaired) electrons. The first kappa shape index (κ1) is 24.0. The number of hydrogen-bond acceptors (Lipinski definition) is 5. The van der Waals surface area contributed by atoms with Crippen molar-refractivity contribution in [3.8, 4) is 16.9 Å². The van der Waals surface area contributed by atoms with Crippen LogP contribution in [-0.4, -0.2) is 12.6 Å². The highest BCUT2D eigenvalue weighted by Crippen LogP contribution is 2.46. The van der Waals surface area contributed by atoms with Crippen molar-refractivity contribution in [1.29, 1.82) is 0 Å². The molecule has 4 nitrogen and oxygen atoms in total. The molecule has 0 saturated carbocycles. The van der Waals surface area contributed by atoms with Crippen LogP contribution in [0.15, 0.2) is 39.8 Å². The number of alkyl halides is 3. The van der Waals surface area contributed by atoms with E-state index in [2.05, 4.69) is 36.2 Å². The van der Waals surface area contributed by atoms with Crippen molar-refractivity contribution in [3.63, 3.8) is 0 Å². The molecule has 1 unspecified atom stereocenters. The summed E-state index contributed by atoms with van der Waals surface area (Å²) in [6.45, 7) is 8.32. The maximum atomic E-state index is 13.1. The van der Waals surface area contributed by atoms with Gasteiger partial charge in [-0.25, -0.2) is 0 Å². The molecule has 0 spiro atoms. The third-order valence-corrected chi connectivity index (χ3v) is 6.45. The van der Waals surface area contributed by atoms with Gasteiger partial charge in [0.1, 0.15) is 5.75 Å². The molecule has 8 heteroatoms. The van der Waals surface area contributed by atoms with Crippen LogP contribution in [0.2, 0.25) is 0 Å². The lowest BCUT2D eigenvalue weighted by atomic mass is 9.68.